The van der Waals surface area contributed by atoms with Crippen molar-refractivity contribution in [2.75, 3.05) is 12.3 Å². The van der Waals surface area contributed by atoms with E-state index in [0.29, 0.717) is 23.8 Å². The van der Waals surface area contributed by atoms with Crippen LogP contribution in [0.4, 0.5) is 5.69 Å². The number of aromatic nitrogens is 1. The van der Waals surface area contributed by atoms with E-state index in [1.165, 1.54) is 0 Å². The molecular weight excluding hydrogens is 202 g/mol. The third-order valence-electron chi connectivity index (χ3n) is 2.29. The number of carbonyl (C=O) groups is 1. The Kier molecular flexibility index (Phi) is 4.40. The fraction of sp³-hybridized carbons (Fsp3) is 0.583. The minimum atomic E-state index is -0.0427. The van der Waals surface area contributed by atoms with Gasteiger partial charge in [0.15, 0.2) is 0 Å². The zero-order valence-corrected chi connectivity index (χ0v) is 10.3. The quantitative estimate of drug-likeness (QED) is 0.800. The Bertz CT molecular complexity index is 355. The minimum absolute atomic E-state index is 0.0427. The molecule has 0 atom stereocenters. The van der Waals surface area contributed by atoms with Gasteiger partial charge in [-0.15, -0.1) is 0 Å². The predicted molar refractivity (Wildman–Crippen MR) is 66.3 cm³/mol. The molecule has 3 N–H and O–H groups in total. The monoisotopic (exact) mass is 223 g/mol. The molecule has 0 aromatic carbocycles. The molecule has 0 spiro atoms. The van der Waals surface area contributed by atoms with Crippen LogP contribution in [-0.2, 0) is 6.54 Å². The van der Waals surface area contributed by atoms with Gasteiger partial charge in [-0.25, -0.2) is 0 Å². The first-order chi connectivity index (χ1) is 7.54. The number of nitrogens with zero attached hydrogens (tertiary/aromatic N) is 1. The molecule has 0 aliphatic carbocycles. The van der Waals surface area contributed by atoms with Crippen LogP contribution in [0.5, 0.6) is 0 Å². The Balaban J connectivity index is 2.73. The van der Waals surface area contributed by atoms with Crippen LogP contribution < -0.4 is 11.1 Å². The molecule has 16 heavy (non-hydrogen) atoms. The number of amides is 1. The molecule has 1 amide bonds. The lowest BCUT2D eigenvalue weighted by atomic mass is 10.2. The first-order valence-electron chi connectivity index (χ1n) is 5.78. The Morgan fingerprint density at radius 3 is 2.81 bits per heavy atom. The summed E-state index contributed by atoms with van der Waals surface area (Å²) in [6.07, 6.45) is 2.80. The van der Waals surface area contributed by atoms with E-state index in [0.717, 1.165) is 13.0 Å². The number of nitrogen functional groups attached to an aromatic ring is 1. The number of carbonyl (C=O) groups excluding carboxylic acids is 1. The van der Waals surface area contributed by atoms with E-state index in [9.17, 15) is 4.79 Å². The fourth-order valence-corrected chi connectivity index (χ4v) is 1.54. The van der Waals surface area contributed by atoms with Crippen LogP contribution in [0, 0.1) is 5.92 Å². The van der Waals surface area contributed by atoms with Gasteiger partial charge in [0.05, 0.1) is 5.69 Å². The Hall–Kier alpha value is -1.45. The Morgan fingerprint density at radius 1 is 1.56 bits per heavy atom. The summed E-state index contributed by atoms with van der Waals surface area (Å²) < 4.78 is 1.91. The molecule has 90 valence electrons. The van der Waals surface area contributed by atoms with Crippen LogP contribution in [0.25, 0.3) is 0 Å². The largest absolute Gasteiger partial charge is 0.397 e. The third-order valence-corrected chi connectivity index (χ3v) is 2.29. The molecule has 4 heteroatoms. The number of hydrogen-bond donors (Lipinski definition) is 2. The second-order valence-electron chi connectivity index (χ2n) is 4.46. The van der Waals surface area contributed by atoms with E-state index in [1.807, 2.05) is 10.8 Å². The summed E-state index contributed by atoms with van der Waals surface area (Å²) in [5.74, 6) is 0.412. The standard InChI is InChI=1S/C12H21N3O/c1-4-5-15-8-10(13)6-11(15)12(16)14-7-9(2)3/h6,8-9H,4-5,7,13H2,1-3H3,(H,14,16). The van der Waals surface area contributed by atoms with E-state index < -0.39 is 0 Å². The highest BCUT2D eigenvalue weighted by Gasteiger charge is 2.12. The predicted octanol–water partition coefficient (Wildman–Crippen LogP) is 1.87. The molecule has 0 radical (unpaired) electrons. The van der Waals surface area contributed by atoms with Crippen LogP contribution in [-0.4, -0.2) is 17.0 Å². The molecule has 1 heterocycles. The minimum Gasteiger partial charge on any atom is -0.397 e. The van der Waals surface area contributed by atoms with Crippen molar-refractivity contribution < 1.29 is 4.79 Å². The summed E-state index contributed by atoms with van der Waals surface area (Å²) >= 11 is 0. The van der Waals surface area contributed by atoms with Crippen molar-refractivity contribution in [3.8, 4) is 0 Å². The maximum absolute atomic E-state index is 11.9. The van der Waals surface area contributed by atoms with Gasteiger partial charge in [0, 0.05) is 19.3 Å². The van der Waals surface area contributed by atoms with E-state index in [2.05, 4.69) is 26.1 Å². The first kappa shape index (κ1) is 12.6. The van der Waals surface area contributed by atoms with Crippen LogP contribution in [0.15, 0.2) is 12.3 Å². The van der Waals surface area contributed by atoms with Crippen molar-refractivity contribution in [2.24, 2.45) is 5.92 Å². The number of aryl methyl sites for hydroxylation is 1. The van der Waals surface area contributed by atoms with Gasteiger partial charge < -0.3 is 15.6 Å². The second-order valence-corrected chi connectivity index (χ2v) is 4.46. The molecule has 1 rings (SSSR count). The molecule has 0 aliphatic heterocycles. The molecule has 0 saturated heterocycles. The molecule has 1 aromatic heterocycles. The average molecular weight is 223 g/mol. The van der Waals surface area contributed by atoms with Gasteiger partial charge in [-0.1, -0.05) is 20.8 Å². The zero-order chi connectivity index (χ0) is 12.1. The summed E-state index contributed by atoms with van der Waals surface area (Å²) in [4.78, 5) is 11.9. The lowest BCUT2D eigenvalue weighted by Gasteiger charge is -2.09. The van der Waals surface area contributed by atoms with Crippen molar-refractivity contribution in [1.29, 1.82) is 0 Å². The Labute approximate surface area is 96.8 Å². The van der Waals surface area contributed by atoms with Gasteiger partial charge in [-0.2, -0.15) is 0 Å². The van der Waals surface area contributed by atoms with Crippen LogP contribution >= 0.6 is 0 Å². The molecule has 1 aromatic rings. The lowest BCUT2D eigenvalue weighted by molar-refractivity contribution is 0.0939. The lowest BCUT2D eigenvalue weighted by Crippen LogP contribution is -2.29. The van der Waals surface area contributed by atoms with Gasteiger partial charge in [0.25, 0.3) is 5.91 Å². The van der Waals surface area contributed by atoms with E-state index >= 15 is 0 Å². The van der Waals surface area contributed by atoms with E-state index in [-0.39, 0.29) is 5.91 Å². The molecule has 4 nitrogen and oxygen atoms in total. The number of rotatable bonds is 5. The molecular formula is C12H21N3O. The SMILES string of the molecule is CCCn1cc(N)cc1C(=O)NCC(C)C. The summed E-state index contributed by atoms with van der Waals surface area (Å²) in [7, 11) is 0. The molecule has 0 unspecified atom stereocenters. The number of anilines is 1. The summed E-state index contributed by atoms with van der Waals surface area (Å²) in [6, 6.07) is 1.73. The molecule has 0 bridgehead atoms. The maximum Gasteiger partial charge on any atom is 0.267 e. The van der Waals surface area contributed by atoms with E-state index in [1.54, 1.807) is 6.07 Å². The average Bonchev–Trinajstić information content (AvgIpc) is 2.56. The van der Waals surface area contributed by atoms with Crippen molar-refractivity contribution in [3.05, 3.63) is 18.0 Å². The first-order valence-corrected chi connectivity index (χ1v) is 5.78. The summed E-state index contributed by atoms with van der Waals surface area (Å²) in [5, 5.41) is 2.90. The fourth-order valence-electron chi connectivity index (χ4n) is 1.54. The normalized spacial score (nSPS) is 10.8. The topological polar surface area (TPSA) is 60.0 Å². The number of hydrogen-bond acceptors (Lipinski definition) is 2. The van der Waals surface area contributed by atoms with Crippen molar-refractivity contribution in [3.63, 3.8) is 0 Å². The highest BCUT2D eigenvalue weighted by atomic mass is 16.1. The highest BCUT2D eigenvalue weighted by Crippen LogP contribution is 2.11. The van der Waals surface area contributed by atoms with Crippen LogP contribution in [0.2, 0.25) is 0 Å². The summed E-state index contributed by atoms with van der Waals surface area (Å²) in [5.41, 5.74) is 7.00. The van der Waals surface area contributed by atoms with Crippen LogP contribution in [0.1, 0.15) is 37.7 Å². The molecule has 0 aliphatic rings. The highest BCUT2D eigenvalue weighted by molar-refractivity contribution is 5.93. The third kappa shape index (κ3) is 3.29. The number of nitrogens with two attached hydrogens (primary N) is 1. The van der Waals surface area contributed by atoms with Gasteiger partial charge in [0.2, 0.25) is 0 Å². The van der Waals surface area contributed by atoms with Crippen LogP contribution in [0.3, 0.4) is 0 Å². The number of nitrogens with one attached hydrogen (secondary N) is 1. The molecule has 0 saturated carbocycles. The summed E-state index contributed by atoms with van der Waals surface area (Å²) in [6.45, 7) is 7.73. The zero-order valence-electron chi connectivity index (χ0n) is 10.3. The van der Waals surface area contributed by atoms with Crippen molar-refractivity contribution >= 4 is 11.6 Å². The Morgan fingerprint density at radius 2 is 2.25 bits per heavy atom. The van der Waals surface area contributed by atoms with Gasteiger partial charge in [0.1, 0.15) is 5.69 Å². The van der Waals surface area contributed by atoms with Gasteiger partial charge in [-0.05, 0) is 18.4 Å². The van der Waals surface area contributed by atoms with Gasteiger partial charge in [-0.3, -0.25) is 4.79 Å². The van der Waals surface area contributed by atoms with Gasteiger partial charge >= 0.3 is 0 Å². The smallest absolute Gasteiger partial charge is 0.267 e. The molecule has 0 fully saturated rings. The van der Waals surface area contributed by atoms with Crippen molar-refractivity contribution in [2.45, 2.75) is 33.7 Å². The second kappa shape index (κ2) is 5.58. The van der Waals surface area contributed by atoms with Crippen molar-refractivity contribution in [1.82, 2.24) is 9.88 Å². The van der Waals surface area contributed by atoms with E-state index in [4.69, 9.17) is 5.73 Å². The maximum atomic E-state index is 11.9.